The summed E-state index contributed by atoms with van der Waals surface area (Å²) in [7, 11) is -3.51. The molecule has 10 heteroatoms. The number of aromatic nitrogens is 1. The number of amides is 1. The van der Waals surface area contributed by atoms with Gasteiger partial charge in [0.25, 0.3) is 11.5 Å². The van der Waals surface area contributed by atoms with Crippen molar-refractivity contribution in [3.8, 4) is 0 Å². The van der Waals surface area contributed by atoms with Crippen molar-refractivity contribution < 1.29 is 22.7 Å². The fourth-order valence-corrected chi connectivity index (χ4v) is 4.86. The molecule has 0 aromatic carbocycles. The molecule has 0 radical (unpaired) electrons. The third-order valence-corrected chi connectivity index (χ3v) is 6.84. The molecule has 2 N–H and O–H groups in total. The second-order valence-corrected chi connectivity index (χ2v) is 10.0. The Labute approximate surface area is 163 Å². The molecule has 2 aliphatic rings. The molecule has 0 spiro atoms. The summed E-state index contributed by atoms with van der Waals surface area (Å²) >= 11 is 0. The Kier molecular flexibility index (Phi) is 5.74. The van der Waals surface area contributed by atoms with Gasteiger partial charge in [-0.3, -0.25) is 14.4 Å². The highest BCUT2D eigenvalue weighted by Gasteiger charge is 2.32. The lowest BCUT2D eigenvalue weighted by molar-refractivity contribution is 0.0730. The van der Waals surface area contributed by atoms with E-state index in [-0.39, 0.29) is 29.1 Å². The van der Waals surface area contributed by atoms with E-state index >= 15 is 0 Å². The number of pyridine rings is 1. The number of hydrogen-bond donors (Lipinski definition) is 2. The Morgan fingerprint density at radius 2 is 1.93 bits per heavy atom. The number of nitrogens with one attached hydrogen (secondary N) is 2. The van der Waals surface area contributed by atoms with Crippen molar-refractivity contribution in [2.75, 3.05) is 38.6 Å². The van der Waals surface area contributed by atoms with Gasteiger partial charge in [0.1, 0.15) is 5.56 Å². The molecule has 0 saturated carbocycles. The Hall–Kier alpha value is -2.04. The van der Waals surface area contributed by atoms with Crippen LogP contribution in [-0.2, 0) is 21.2 Å². The van der Waals surface area contributed by atoms with Gasteiger partial charge in [0.15, 0.2) is 5.78 Å². The Balaban J connectivity index is 1.67. The highest BCUT2D eigenvalue weighted by molar-refractivity contribution is 7.89. The van der Waals surface area contributed by atoms with Crippen LogP contribution in [0.25, 0.3) is 0 Å². The summed E-state index contributed by atoms with van der Waals surface area (Å²) in [5.41, 5.74) is -0.124. The van der Waals surface area contributed by atoms with Gasteiger partial charge >= 0.3 is 0 Å². The number of carbonyl (C=O) groups is 2. The molecular weight excluding hydrogens is 386 g/mol. The van der Waals surface area contributed by atoms with E-state index in [1.807, 2.05) is 13.8 Å². The van der Waals surface area contributed by atoms with Gasteiger partial charge < -0.3 is 15.0 Å². The highest BCUT2D eigenvalue weighted by Crippen LogP contribution is 2.33. The minimum absolute atomic E-state index is 0.119. The van der Waals surface area contributed by atoms with Gasteiger partial charge in [0, 0.05) is 37.3 Å². The van der Waals surface area contributed by atoms with Crippen LogP contribution in [0.5, 0.6) is 0 Å². The van der Waals surface area contributed by atoms with Crippen LogP contribution in [0.2, 0.25) is 0 Å². The molecule has 0 unspecified atom stereocenters. The number of carbonyl (C=O) groups excluding carboxylic acids is 2. The van der Waals surface area contributed by atoms with Gasteiger partial charge in [0.2, 0.25) is 10.0 Å². The van der Waals surface area contributed by atoms with Crippen LogP contribution in [0.15, 0.2) is 10.9 Å². The molecule has 1 aromatic rings. The highest BCUT2D eigenvalue weighted by atomic mass is 32.2. The predicted octanol–water partition coefficient (Wildman–Crippen LogP) is -0.0782. The minimum Gasteiger partial charge on any atom is -0.379 e. The molecule has 1 fully saturated rings. The molecule has 3 rings (SSSR count). The maximum atomic E-state index is 12.4. The van der Waals surface area contributed by atoms with Gasteiger partial charge in [-0.15, -0.1) is 0 Å². The maximum Gasteiger partial charge on any atom is 0.261 e. The average molecular weight is 411 g/mol. The third kappa shape index (κ3) is 4.50. The molecule has 9 nitrogen and oxygen atoms in total. The summed E-state index contributed by atoms with van der Waals surface area (Å²) < 4.78 is 31.0. The first kappa shape index (κ1) is 20.7. The van der Waals surface area contributed by atoms with Crippen molar-refractivity contribution >= 4 is 21.7 Å². The summed E-state index contributed by atoms with van der Waals surface area (Å²) in [5, 5.41) is 2.47. The molecule has 1 aromatic heterocycles. The standard InChI is InChI=1S/C18H25N3O6S/c1-18(2)10-14-12(15(22)11-18)9-13(17(24)20-14)16(23)19-3-8-28(25,26)21-4-6-27-7-5-21/h9H,3-8,10-11H2,1-2H3,(H,19,23)(H,20,24). The number of nitrogens with zero attached hydrogens (tertiary/aromatic N) is 1. The normalized spacial score (nSPS) is 19.9. The maximum absolute atomic E-state index is 12.4. The summed E-state index contributed by atoms with van der Waals surface area (Å²) in [6.45, 7) is 5.04. The molecule has 1 aliphatic heterocycles. The number of rotatable bonds is 5. The number of ketones is 1. The molecule has 1 aliphatic carbocycles. The van der Waals surface area contributed by atoms with E-state index in [0.29, 0.717) is 50.4 Å². The molecular formula is C18H25N3O6S. The van der Waals surface area contributed by atoms with Crippen LogP contribution in [0.4, 0.5) is 0 Å². The van der Waals surface area contributed by atoms with Crippen molar-refractivity contribution in [2.24, 2.45) is 5.41 Å². The van der Waals surface area contributed by atoms with Crippen LogP contribution < -0.4 is 10.9 Å². The molecule has 1 saturated heterocycles. The number of fused-ring (bicyclic) bond motifs is 1. The number of aromatic amines is 1. The van der Waals surface area contributed by atoms with E-state index < -0.39 is 21.5 Å². The van der Waals surface area contributed by atoms with E-state index in [0.717, 1.165) is 0 Å². The first-order valence-electron chi connectivity index (χ1n) is 9.22. The van der Waals surface area contributed by atoms with Crippen LogP contribution in [-0.4, -0.2) is 68.0 Å². The SMILES string of the molecule is CC1(C)CC(=O)c2cc(C(=O)NCCS(=O)(=O)N3CCOCC3)c(=O)[nH]c2C1. The molecule has 0 atom stereocenters. The van der Waals surface area contributed by atoms with Crippen molar-refractivity contribution in [1.82, 2.24) is 14.6 Å². The van der Waals surface area contributed by atoms with Gasteiger partial charge in [-0.05, 0) is 17.9 Å². The van der Waals surface area contributed by atoms with Gasteiger partial charge in [-0.1, -0.05) is 13.8 Å². The molecule has 28 heavy (non-hydrogen) atoms. The summed E-state index contributed by atoms with van der Waals surface area (Å²) in [5.74, 6) is -1.08. The van der Waals surface area contributed by atoms with E-state index in [1.165, 1.54) is 10.4 Å². The van der Waals surface area contributed by atoms with Crippen molar-refractivity contribution in [3.05, 3.63) is 33.2 Å². The zero-order chi connectivity index (χ0) is 20.5. The molecule has 1 amide bonds. The number of hydrogen-bond acceptors (Lipinski definition) is 6. The zero-order valence-corrected chi connectivity index (χ0v) is 16.9. The smallest absolute Gasteiger partial charge is 0.261 e. The molecule has 2 heterocycles. The second-order valence-electron chi connectivity index (χ2n) is 7.93. The number of H-pyrrole nitrogens is 1. The Morgan fingerprint density at radius 1 is 1.25 bits per heavy atom. The fourth-order valence-electron chi connectivity index (χ4n) is 3.54. The minimum atomic E-state index is -3.51. The first-order valence-corrected chi connectivity index (χ1v) is 10.8. The summed E-state index contributed by atoms with van der Waals surface area (Å²) in [4.78, 5) is 39.7. The van der Waals surface area contributed by atoms with Gasteiger partial charge in [0.05, 0.1) is 19.0 Å². The van der Waals surface area contributed by atoms with Crippen LogP contribution >= 0.6 is 0 Å². The van der Waals surface area contributed by atoms with Gasteiger partial charge in [-0.25, -0.2) is 8.42 Å². The van der Waals surface area contributed by atoms with Crippen LogP contribution in [0, 0.1) is 5.41 Å². The Bertz CT molecular complexity index is 945. The second kappa shape index (κ2) is 7.76. The molecule has 0 bridgehead atoms. The zero-order valence-electron chi connectivity index (χ0n) is 16.0. The van der Waals surface area contributed by atoms with E-state index in [4.69, 9.17) is 4.74 Å². The monoisotopic (exact) mass is 411 g/mol. The van der Waals surface area contributed by atoms with Crippen molar-refractivity contribution in [1.29, 1.82) is 0 Å². The summed E-state index contributed by atoms with van der Waals surface area (Å²) in [6, 6.07) is 1.32. The third-order valence-electron chi connectivity index (χ3n) is 4.97. The Morgan fingerprint density at radius 3 is 2.61 bits per heavy atom. The van der Waals surface area contributed by atoms with Crippen molar-refractivity contribution in [2.45, 2.75) is 26.7 Å². The number of ether oxygens (including phenoxy) is 1. The first-order chi connectivity index (χ1) is 13.1. The lowest BCUT2D eigenvalue weighted by Gasteiger charge is -2.29. The lowest BCUT2D eigenvalue weighted by atomic mass is 9.75. The van der Waals surface area contributed by atoms with E-state index in [2.05, 4.69) is 10.3 Å². The summed E-state index contributed by atoms with van der Waals surface area (Å²) in [6.07, 6.45) is 0.883. The predicted molar refractivity (Wildman–Crippen MR) is 102 cm³/mol. The average Bonchev–Trinajstić information content (AvgIpc) is 2.60. The number of sulfonamides is 1. The fraction of sp³-hybridized carbons (Fsp3) is 0.611. The van der Waals surface area contributed by atoms with Crippen molar-refractivity contribution in [3.63, 3.8) is 0 Å². The van der Waals surface area contributed by atoms with Crippen LogP contribution in [0.3, 0.4) is 0 Å². The lowest BCUT2D eigenvalue weighted by Crippen LogP contribution is -2.44. The number of Topliss-reactive ketones (excluding diaryl/α,β-unsaturated/α-hetero) is 1. The largest absolute Gasteiger partial charge is 0.379 e. The quantitative estimate of drug-likeness (QED) is 0.698. The van der Waals surface area contributed by atoms with Gasteiger partial charge in [-0.2, -0.15) is 4.31 Å². The number of morpholine rings is 1. The van der Waals surface area contributed by atoms with E-state index in [9.17, 15) is 22.8 Å². The molecule has 154 valence electrons. The topological polar surface area (TPSA) is 126 Å². The van der Waals surface area contributed by atoms with E-state index in [1.54, 1.807) is 0 Å². The van der Waals surface area contributed by atoms with Crippen LogP contribution in [0.1, 0.15) is 46.7 Å².